The van der Waals surface area contributed by atoms with E-state index in [9.17, 15) is 19.0 Å². The van der Waals surface area contributed by atoms with Crippen molar-refractivity contribution in [2.24, 2.45) is 0 Å². The number of unbranched alkanes of at least 4 members (excludes halogenated alkanes) is 37. The Bertz CT molecular complexity index is 1500. The zero-order valence-electron chi connectivity index (χ0n) is 51.9. The van der Waals surface area contributed by atoms with Gasteiger partial charge in [-0.05, 0) is 57.8 Å². The van der Waals surface area contributed by atoms with E-state index in [1.54, 1.807) is 0 Å². The van der Waals surface area contributed by atoms with Crippen LogP contribution in [0.25, 0.3) is 0 Å². The molecule has 0 aromatic heterocycles. The Labute approximate surface area is 483 Å². The predicted molar refractivity (Wildman–Crippen MR) is 333 cm³/mol. The molecule has 0 spiro atoms. The van der Waals surface area contributed by atoms with E-state index in [1.807, 2.05) is 21.1 Å². The lowest BCUT2D eigenvalue weighted by Crippen LogP contribution is -2.37. The molecule has 0 saturated carbocycles. The molecule has 2 unspecified atom stereocenters. The Morgan fingerprint density at radius 3 is 1.09 bits per heavy atom. The van der Waals surface area contributed by atoms with E-state index in [0.29, 0.717) is 17.4 Å². The Morgan fingerprint density at radius 1 is 0.410 bits per heavy atom. The molecular weight excluding hydrogens is 990 g/mol. The summed E-state index contributed by atoms with van der Waals surface area (Å²) in [6, 6.07) is 0. The fourth-order valence-electron chi connectivity index (χ4n) is 9.51. The number of allylic oxidation sites excluding steroid dienone is 10. The van der Waals surface area contributed by atoms with Crippen molar-refractivity contribution in [2.75, 3.05) is 47.5 Å². The second kappa shape index (κ2) is 59.3. The lowest BCUT2D eigenvalue weighted by molar-refractivity contribution is -0.870. The molecular formula is C68H126NO8P. The van der Waals surface area contributed by atoms with Crippen molar-refractivity contribution in [3.63, 3.8) is 0 Å². The highest BCUT2D eigenvalue weighted by molar-refractivity contribution is 7.45. The highest BCUT2D eigenvalue weighted by Crippen LogP contribution is 2.38. The van der Waals surface area contributed by atoms with Gasteiger partial charge in [0.2, 0.25) is 0 Å². The van der Waals surface area contributed by atoms with Crippen LogP contribution < -0.4 is 4.89 Å². The van der Waals surface area contributed by atoms with E-state index in [-0.39, 0.29) is 32.0 Å². The van der Waals surface area contributed by atoms with Crippen LogP contribution in [0.2, 0.25) is 0 Å². The molecule has 0 radical (unpaired) electrons. The summed E-state index contributed by atoms with van der Waals surface area (Å²) in [6.07, 6.45) is 77.3. The Morgan fingerprint density at radius 2 is 0.731 bits per heavy atom. The molecule has 0 fully saturated rings. The summed E-state index contributed by atoms with van der Waals surface area (Å²) in [7, 11) is 1.16. The summed E-state index contributed by atoms with van der Waals surface area (Å²) >= 11 is 0. The van der Waals surface area contributed by atoms with Crippen LogP contribution in [0, 0.1) is 0 Å². The summed E-state index contributed by atoms with van der Waals surface area (Å²) in [4.78, 5) is 38.0. The number of rotatable bonds is 61. The molecule has 0 aromatic carbocycles. The van der Waals surface area contributed by atoms with E-state index in [0.717, 1.165) is 83.5 Å². The zero-order valence-corrected chi connectivity index (χ0v) is 52.8. The molecule has 9 nitrogen and oxygen atoms in total. The third-order valence-corrected chi connectivity index (χ3v) is 15.5. The normalized spacial score (nSPS) is 13.6. The molecule has 78 heavy (non-hydrogen) atoms. The molecule has 0 saturated heterocycles. The molecule has 0 bridgehead atoms. The number of likely N-dealkylation sites (N-methyl/N-ethyl adjacent to an activating group) is 1. The van der Waals surface area contributed by atoms with Crippen molar-refractivity contribution in [2.45, 2.75) is 315 Å². The maximum atomic E-state index is 12.8. The third kappa shape index (κ3) is 62.9. The largest absolute Gasteiger partial charge is 0.756 e. The second-order valence-electron chi connectivity index (χ2n) is 23.5. The quantitative estimate of drug-likeness (QED) is 0.0195. The standard InChI is InChI=1S/C68H126NO8P/c1-6-8-10-12-14-16-18-20-22-24-26-28-29-30-31-32-33-34-35-36-37-38-39-41-42-44-46-48-50-52-54-56-58-60-67(70)74-64-66(65-76-78(72,73)75-63-62-69(3,4)5)77-68(71)61-59-57-55-53-51-49-47-45-43-40-27-25-23-21-19-17-15-13-11-9-7-2/h9,11,15,17,21,23,27,40,45,47,66H,6-8,10,12-14,16,18-20,22,24-26,28-39,41-44,46,48-65H2,1-5H3/b11-9-,17-15-,23-21-,40-27-,47-45-. The Hall–Kier alpha value is -2.29. The lowest BCUT2D eigenvalue weighted by Gasteiger charge is -2.28. The molecule has 0 heterocycles. The van der Waals surface area contributed by atoms with Crippen LogP contribution in [0.4, 0.5) is 0 Å². The van der Waals surface area contributed by atoms with Crippen molar-refractivity contribution in [3.8, 4) is 0 Å². The molecule has 10 heteroatoms. The van der Waals surface area contributed by atoms with Gasteiger partial charge in [0, 0.05) is 12.8 Å². The molecule has 0 aliphatic rings. The first-order valence-corrected chi connectivity index (χ1v) is 34.5. The topological polar surface area (TPSA) is 111 Å². The fraction of sp³-hybridized carbons (Fsp3) is 0.824. The molecule has 2 atom stereocenters. The van der Waals surface area contributed by atoms with Crippen molar-refractivity contribution >= 4 is 19.8 Å². The van der Waals surface area contributed by atoms with E-state index < -0.39 is 26.5 Å². The van der Waals surface area contributed by atoms with Crippen LogP contribution in [0.5, 0.6) is 0 Å². The third-order valence-electron chi connectivity index (χ3n) is 14.6. The van der Waals surface area contributed by atoms with Gasteiger partial charge in [0.25, 0.3) is 7.82 Å². The first-order valence-electron chi connectivity index (χ1n) is 33.0. The van der Waals surface area contributed by atoms with E-state index in [2.05, 4.69) is 74.6 Å². The van der Waals surface area contributed by atoms with Crippen molar-refractivity contribution < 1.29 is 42.1 Å². The average molecular weight is 1120 g/mol. The molecule has 456 valence electrons. The van der Waals surface area contributed by atoms with Gasteiger partial charge < -0.3 is 27.9 Å². The summed E-state index contributed by atoms with van der Waals surface area (Å²) < 4.78 is 34.2. The summed E-state index contributed by atoms with van der Waals surface area (Å²) in [5.74, 6) is -0.845. The van der Waals surface area contributed by atoms with Gasteiger partial charge >= 0.3 is 11.9 Å². The van der Waals surface area contributed by atoms with E-state index in [1.165, 1.54) is 193 Å². The smallest absolute Gasteiger partial charge is 0.306 e. The lowest BCUT2D eigenvalue weighted by atomic mass is 10.0. The first-order chi connectivity index (χ1) is 38.0. The number of phosphoric acid groups is 1. The van der Waals surface area contributed by atoms with Crippen LogP contribution in [0.3, 0.4) is 0 Å². The highest BCUT2D eigenvalue weighted by atomic mass is 31.2. The molecule has 0 aliphatic carbocycles. The Kier molecular flexibility index (Phi) is 57.6. The number of hydrogen-bond acceptors (Lipinski definition) is 8. The Balaban J connectivity index is 4.02. The van der Waals surface area contributed by atoms with E-state index >= 15 is 0 Å². The summed E-state index contributed by atoms with van der Waals surface area (Å²) in [5, 5.41) is 0. The van der Waals surface area contributed by atoms with Crippen LogP contribution in [0.1, 0.15) is 309 Å². The van der Waals surface area contributed by atoms with Gasteiger partial charge in [0.1, 0.15) is 19.8 Å². The van der Waals surface area contributed by atoms with Crippen LogP contribution in [-0.2, 0) is 32.7 Å². The number of quaternary nitrogens is 1. The number of nitrogens with zero attached hydrogens (tertiary/aromatic N) is 1. The van der Waals surface area contributed by atoms with Crippen LogP contribution in [-0.4, -0.2) is 70.0 Å². The molecule has 0 aromatic rings. The minimum absolute atomic E-state index is 0.0359. The molecule has 0 rings (SSSR count). The van der Waals surface area contributed by atoms with Crippen molar-refractivity contribution in [1.29, 1.82) is 0 Å². The molecule has 0 amide bonds. The van der Waals surface area contributed by atoms with Crippen molar-refractivity contribution in [1.82, 2.24) is 0 Å². The van der Waals surface area contributed by atoms with Gasteiger partial charge in [-0.3, -0.25) is 14.2 Å². The maximum absolute atomic E-state index is 12.8. The minimum Gasteiger partial charge on any atom is -0.756 e. The molecule has 0 N–H and O–H groups in total. The van der Waals surface area contributed by atoms with Gasteiger partial charge in [-0.25, -0.2) is 0 Å². The number of esters is 2. The van der Waals surface area contributed by atoms with Gasteiger partial charge in [-0.2, -0.15) is 0 Å². The van der Waals surface area contributed by atoms with Gasteiger partial charge in [0.15, 0.2) is 6.10 Å². The monoisotopic (exact) mass is 1120 g/mol. The van der Waals surface area contributed by atoms with Crippen LogP contribution in [0.15, 0.2) is 60.8 Å². The number of carbonyl (C=O) groups excluding carboxylic acids is 2. The highest BCUT2D eigenvalue weighted by Gasteiger charge is 2.22. The maximum Gasteiger partial charge on any atom is 0.306 e. The van der Waals surface area contributed by atoms with E-state index in [4.69, 9.17) is 18.5 Å². The molecule has 0 aliphatic heterocycles. The fourth-order valence-corrected chi connectivity index (χ4v) is 10.2. The minimum atomic E-state index is -4.65. The van der Waals surface area contributed by atoms with Gasteiger partial charge in [0.05, 0.1) is 27.7 Å². The average Bonchev–Trinajstić information content (AvgIpc) is 3.41. The van der Waals surface area contributed by atoms with Crippen molar-refractivity contribution in [3.05, 3.63) is 60.8 Å². The number of carbonyl (C=O) groups is 2. The van der Waals surface area contributed by atoms with Gasteiger partial charge in [-0.15, -0.1) is 0 Å². The van der Waals surface area contributed by atoms with Gasteiger partial charge in [-0.1, -0.05) is 299 Å². The number of hydrogen-bond donors (Lipinski definition) is 0. The summed E-state index contributed by atoms with van der Waals surface area (Å²) in [6.45, 7) is 4.14. The first kappa shape index (κ1) is 75.7. The SMILES string of the molecule is CC/C=C\C/C=C\C/C=C\C/C=C\C/C=C\CCCCCCCC(=O)OC(COC(=O)CCCCCCCCCCCCCCCCCCCCCCCCCCCCCCCCCCC)COP(=O)([O-])OCC[N+](C)(C)C. The second-order valence-corrected chi connectivity index (χ2v) is 24.9. The zero-order chi connectivity index (χ0) is 57.0. The number of ether oxygens (including phenoxy) is 2. The number of phosphoric ester groups is 1. The predicted octanol–water partition coefficient (Wildman–Crippen LogP) is 20.4. The van der Waals surface area contributed by atoms with Crippen LogP contribution >= 0.6 is 7.82 Å². The summed E-state index contributed by atoms with van der Waals surface area (Å²) in [5.41, 5.74) is 0.